The number of methoxy groups -OCH3 is 1. The molecule has 0 spiro atoms. The highest BCUT2D eigenvalue weighted by Gasteiger charge is 2.12. The molecule has 2 aromatic rings. The molecule has 1 unspecified atom stereocenters. The maximum absolute atomic E-state index is 11.9. The maximum atomic E-state index is 11.9. The van der Waals surface area contributed by atoms with Gasteiger partial charge in [-0.05, 0) is 30.2 Å². The van der Waals surface area contributed by atoms with Crippen LogP contribution in [0.2, 0.25) is 0 Å². The van der Waals surface area contributed by atoms with Crippen molar-refractivity contribution in [1.29, 1.82) is 0 Å². The van der Waals surface area contributed by atoms with E-state index in [1.54, 1.807) is 13.2 Å². The van der Waals surface area contributed by atoms with Gasteiger partial charge in [-0.15, -0.1) is 0 Å². The van der Waals surface area contributed by atoms with Crippen LogP contribution >= 0.6 is 0 Å². The number of carbonyl (C=O) groups excluding carboxylic acids is 2. The second-order valence-electron chi connectivity index (χ2n) is 5.62. The highest BCUT2D eigenvalue weighted by molar-refractivity contribution is 5.92. The number of amides is 3. The van der Waals surface area contributed by atoms with E-state index in [0.717, 1.165) is 11.1 Å². The van der Waals surface area contributed by atoms with E-state index in [-0.39, 0.29) is 18.6 Å². The molecule has 1 atom stereocenters. The third-order valence-corrected chi connectivity index (χ3v) is 3.63. The monoisotopic (exact) mass is 341 g/mol. The summed E-state index contributed by atoms with van der Waals surface area (Å²) in [6, 6.07) is 16.6. The van der Waals surface area contributed by atoms with Crippen molar-refractivity contribution < 1.29 is 14.3 Å². The van der Waals surface area contributed by atoms with Crippen molar-refractivity contribution in [2.24, 2.45) is 0 Å². The van der Waals surface area contributed by atoms with Gasteiger partial charge in [0, 0.05) is 19.3 Å². The minimum Gasteiger partial charge on any atom is -0.375 e. The maximum Gasteiger partial charge on any atom is 0.319 e. The molecule has 0 aliphatic heterocycles. The van der Waals surface area contributed by atoms with Gasteiger partial charge in [-0.25, -0.2) is 4.79 Å². The van der Waals surface area contributed by atoms with Gasteiger partial charge >= 0.3 is 6.03 Å². The van der Waals surface area contributed by atoms with E-state index in [0.29, 0.717) is 12.2 Å². The number of carbonyl (C=O) groups is 2. The first-order valence-electron chi connectivity index (χ1n) is 8.04. The standard InChI is InChI=1S/C19H23N3O3/c1-14-7-6-10-16(11-14)22-19(24)21-13-18(23)20-12-17(25-2)15-8-4-3-5-9-15/h3-11,17H,12-13H2,1-2H3,(H,20,23)(H2,21,22,24). The summed E-state index contributed by atoms with van der Waals surface area (Å²) in [6.45, 7) is 2.17. The molecule has 0 aliphatic rings. The Bertz CT molecular complexity index is 704. The van der Waals surface area contributed by atoms with Crippen LogP contribution in [0.3, 0.4) is 0 Å². The second kappa shape index (κ2) is 9.44. The molecule has 2 rings (SSSR count). The second-order valence-corrected chi connectivity index (χ2v) is 5.62. The summed E-state index contributed by atoms with van der Waals surface area (Å²) in [6.07, 6.45) is -0.230. The third-order valence-electron chi connectivity index (χ3n) is 3.63. The van der Waals surface area contributed by atoms with Gasteiger partial charge < -0.3 is 20.7 Å². The van der Waals surface area contributed by atoms with Crippen LogP contribution in [-0.2, 0) is 9.53 Å². The molecular formula is C19H23N3O3. The van der Waals surface area contributed by atoms with Crippen molar-refractivity contribution in [3.05, 3.63) is 65.7 Å². The fourth-order valence-corrected chi connectivity index (χ4v) is 2.33. The van der Waals surface area contributed by atoms with Crippen LogP contribution in [0.15, 0.2) is 54.6 Å². The van der Waals surface area contributed by atoms with Crippen LogP contribution in [0.4, 0.5) is 10.5 Å². The number of anilines is 1. The number of hydrogen-bond acceptors (Lipinski definition) is 3. The zero-order valence-electron chi connectivity index (χ0n) is 14.4. The van der Waals surface area contributed by atoms with Crippen LogP contribution in [0.1, 0.15) is 17.2 Å². The van der Waals surface area contributed by atoms with Crippen LogP contribution < -0.4 is 16.0 Å². The predicted octanol–water partition coefficient (Wildman–Crippen LogP) is 2.62. The molecule has 6 nitrogen and oxygen atoms in total. The number of ether oxygens (including phenoxy) is 1. The van der Waals surface area contributed by atoms with Gasteiger partial charge in [0.1, 0.15) is 0 Å². The summed E-state index contributed by atoms with van der Waals surface area (Å²) in [5, 5.41) is 7.97. The van der Waals surface area contributed by atoms with Gasteiger partial charge in [-0.2, -0.15) is 0 Å². The van der Waals surface area contributed by atoms with E-state index in [1.165, 1.54) is 0 Å². The average Bonchev–Trinajstić information content (AvgIpc) is 2.61. The van der Waals surface area contributed by atoms with Crippen LogP contribution in [0.5, 0.6) is 0 Å². The molecule has 0 heterocycles. The molecule has 3 amide bonds. The summed E-state index contributed by atoms with van der Waals surface area (Å²) < 4.78 is 5.39. The Hall–Kier alpha value is -2.86. The first kappa shape index (κ1) is 18.5. The molecular weight excluding hydrogens is 318 g/mol. The Morgan fingerprint density at radius 1 is 1.04 bits per heavy atom. The van der Waals surface area contributed by atoms with Gasteiger partial charge in [0.05, 0.1) is 12.6 Å². The first-order chi connectivity index (χ1) is 12.1. The van der Waals surface area contributed by atoms with Crippen molar-refractivity contribution in [1.82, 2.24) is 10.6 Å². The highest BCUT2D eigenvalue weighted by atomic mass is 16.5. The normalized spacial score (nSPS) is 11.4. The van der Waals surface area contributed by atoms with Crippen molar-refractivity contribution in [3.63, 3.8) is 0 Å². The number of nitrogens with one attached hydrogen (secondary N) is 3. The molecule has 132 valence electrons. The van der Waals surface area contributed by atoms with Gasteiger partial charge in [-0.1, -0.05) is 42.5 Å². The SMILES string of the molecule is COC(CNC(=O)CNC(=O)Nc1cccc(C)c1)c1ccccc1. The number of rotatable bonds is 7. The van der Waals surface area contributed by atoms with Crippen LogP contribution in [0.25, 0.3) is 0 Å². The Labute approximate surface area is 147 Å². The number of aryl methyl sites for hydroxylation is 1. The zero-order valence-corrected chi connectivity index (χ0v) is 14.4. The van der Waals surface area contributed by atoms with Crippen molar-refractivity contribution in [3.8, 4) is 0 Å². The van der Waals surface area contributed by atoms with Gasteiger partial charge in [0.2, 0.25) is 5.91 Å². The van der Waals surface area contributed by atoms with E-state index in [1.807, 2.05) is 55.5 Å². The Morgan fingerprint density at radius 2 is 1.80 bits per heavy atom. The van der Waals surface area contributed by atoms with E-state index >= 15 is 0 Å². The lowest BCUT2D eigenvalue weighted by atomic mass is 10.1. The number of urea groups is 1. The predicted molar refractivity (Wildman–Crippen MR) is 97.4 cm³/mol. The Kier molecular flexibility index (Phi) is 6.98. The largest absolute Gasteiger partial charge is 0.375 e. The van der Waals surface area contributed by atoms with E-state index < -0.39 is 6.03 Å². The smallest absolute Gasteiger partial charge is 0.319 e. The fraction of sp³-hybridized carbons (Fsp3) is 0.263. The lowest BCUT2D eigenvalue weighted by Crippen LogP contribution is -2.40. The third kappa shape index (κ3) is 6.27. The van der Waals surface area contributed by atoms with Crippen LogP contribution in [-0.4, -0.2) is 32.1 Å². The van der Waals surface area contributed by atoms with E-state index in [2.05, 4.69) is 16.0 Å². The molecule has 2 aromatic carbocycles. The topological polar surface area (TPSA) is 79.5 Å². The van der Waals surface area contributed by atoms with E-state index in [4.69, 9.17) is 4.74 Å². The zero-order chi connectivity index (χ0) is 18.1. The number of benzene rings is 2. The van der Waals surface area contributed by atoms with Crippen LogP contribution in [0, 0.1) is 6.92 Å². The molecule has 0 radical (unpaired) electrons. The molecule has 0 saturated carbocycles. The quantitative estimate of drug-likeness (QED) is 0.724. The Balaban J connectivity index is 1.73. The minimum atomic E-state index is -0.424. The molecule has 0 fully saturated rings. The summed E-state index contributed by atoms with van der Waals surface area (Å²) in [5.41, 5.74) is 2.71. The molecule has 3 N–H and O–H groups in total. The van der Waals surface area contributed by atoms with Gasteiger partial charge in [0.25, 0.3) is 0 Å². The summed E-state index contributed by atoms with van der Waals surface area (Å²) in [7, 11) is 1.59. The lowest BCUT2D eigenvalue weighted by Gasteiger charge is -2.16. The van der Waals surface area contributed by atoms with E-state index in [9.17, 15) is 9.59 Å². The average molecular weight is 341 g/mol. The summed E-state index contributed by atoms with van der Waals surface area (Å²) >= 11 is 0. The molecule has 6 heteroatoms. The lowest BCUT2D eigenvalue weighted by molar-refractivity contribution is -0.120. The molecule has 0 aromatic heterocycles. The molecule has 0 saturated heterocycles. The molecule has 0 bridgehead atoms. The summed E-state index contributed by atoms with van der Waals surface area (Å²) in [4.78, 5) is 23.7. The van der Waals surface area contributed by atoms with Crippen molar-refractivity contribution in [2.45, 2.75) is 13.0 Å². The first-order valence-corrected chi connectivity index (χ1v) is 8.04. The minimum absolute atomic E-state index is 0.108. The molecule has 25 heavy (non-hydrogen) atoms. The van der Waals surface area contributed by atoms with Gasteiger partial charge in [-0.3, -0.25) is 4.79 Å². The fourth-order valence-electron chi connectivity index (χ4n) is 2.33. The van der Waals surface area contributed by atoms with Crippen molar-refractivity contribution >= 4 is 17.6 Å². The Morgan fingerprint density at radius 3 is 2.48 bits per heavy atom. The molecule has 0 aliphatic carbocycles. The summed E-state index contributed by atoms with van der Waals surface area (Å²) in [5.74, 6) is -0.280. The number of hydrogen-bond donors (Lipinski definition) is 3. The van der Waals surface area contributed by atoms with Gasteiger partial charge in [0.15, 0.2) is 0 Å². The highest BCUT2D eigenvalue weighted by Crippen LogP contribution is 2.14. The van der Waals surface area contributed by atoms with Crippen molar-refractivity contribution in [2.75, 3.05) is 25.5 Å².